The zero-order valence-electron chi connectivity index (χ0n) is 9.55. The van der Waals surface area contributed by atoms with Crippen molar-refractivity contribution in [1.82, 2.24) is 4.98 Å². The van der Waals surface area contributed by atoms with Gasteiger partial charge in [-0.2, -0.15) is 0 Å². The number of thiazole rings is 1. The van der Waals surface area contributed by atoms with Gasteiger partial charge in [0.1, 0.15) is 18.5 Å². The lowest BCUT2D eigenvalue weighted by Crippen LogP contribution is -2.03. The van der Waals surface area contributed by atoms with Crippen LogP contribution in [0.1, 0.15) is 5.01 Å². The van der Waals surface area contributed by atoms with Crippen molar-refractivity contribution in [3.8, 4) is 17.0 Å². The van der Waals surface area contributed by atoms with Crippen LogP contribution in [0.25, 0.3) is 11.3 Å². The first-order chi connectivity index (χ1) is 8.31. The average Bonchev–Trinajstić information content (AvgIpc) is 3.09. The van der Waals surface area contributed by atoms with Crippen LogP contribution in [0, 0.1) is 6.92 Å². The van der Waals surface area contributed by atoms with Crippen molar-refractivity contribution in [2.75, 3.05) is 13.2 Å². The lowest BCUT2D eigenvalue weighted by Gasteiger charge is -2.04. The zero-order chi connectivity index (χ0) is 11.7. The van der Waals surface area contributed by atoms with Crippen molar-refractivity contribution in [2.24, 2.45) is 0 Å². The molecule has 88 valence electrons. The molecule has 1 aromatic carbocycles. The second-order valence-corrected chi connectivity index (χ2v) is 5.10. The van der Waals surface area contributed by atoms with Crippen molar-refractivity contribution < 1.29 is 9.47 Å². The predicted molar refractivity (Wildman–Crippen MR) is 67.5 cm³/mol. The van der Waals surface area contributed by atoms with E-state index in [4.69, 9.17) is 9.47 Å². The fourth-order valence-corrected chi connectivity index (χ4v) is 2.19. The molecule has 0 saturated carbocycles. The van der Waals surface area contributed by atoms with Crippen LogP contribution in [0.3, 0.4) is 0 Å². The van der Waals surface area contributed by atoms with Gasteiger partial charge in [0.2, 0.25) is 0 Å². The highest BCUT2D eigenvalue weighted by Gasteiger charge is 2.22. The molecule has 3 rings (SSSR count). The van der Waals surface area contributed by atoms with Crippen LogP contribution in [-0.4, -0.2) is 24.3 Å². The normalized spacial score (nSPS) is 18.1. The van der Waals surface area contributed by atoms with Crippen LogP contribution in [0.15, 0.2) is 29.6 Å². The fraction of sp³-hybridized carbons (Fsp3) is 0.308. The summed E-state index contributed by atoms with van der Waals surface area (Å²) < 4.78 is 10.7. The van der Waals surface area contributed by atoms with E-state index >= 15 is 0 Å². The van der Waals surface area contributed by atoms with Gasteiger partial charge in [0, 0.05) is 10.9 Å². The SMILES string of the molecule is Cc1nc(-c2ccc(OCC3CO3)cc2)cs1. The van der Waals surface area contributed by atoms with E-state index in [0.29, 0.717) is 12.7 Å². The molecule has 0 aliphatic carbocycles. The zero-order valence-corrected chi connectivity index (χ0v) is 10.4. The summed E-state index contributed by atoms with van der Waals surface area (Å²) in [6.07, 6.45) is 0.302. The third-order valence-corrected chi connectivity index (χ3v) is 3.38. The molecule has 0 spiro atoms. The maximum absolute atomic E-state index is 5.58. The van der Waals surface area contributed by atoms with Gasteiger partial charge in [-0.15, -0.1) is 11.3 Å². The molecule has 1 unspecified atom stereocenters. The quantitative estimate of drug-likeness (QED) is 0.779. The van der Waals surface area contributed by atoms with Crippen molar-refractivity contribution >= 4 is 11.3 Å². The van der Waals surface area contributed by atoms with Crippen molar-refractivity contribution in [1.29, 1.82) is 0 Å². The van der Waals surface area contributed by atoms with Gasteiger partial charge in [-0.05, 0) is 31.2 Å². The lowest BCUT2D eigenvalue weighted by molar-refractivity contribution is 0.263. The van der Waals surface area contributed by atoms with E-state index in [9.17, 15) is 0 Å². The average molecular weight is 247 g/mol. The van der Waals surface area contributed by atoms with Crippen LogP contribution >= 0.6 is 11.3 Å². The number of ether oxygens (including phenoxy) is 2. The number of rotatable bonds is 4. The molecule has 1 atom stereocenters. The third kappa shape index (κ3) is 2.65. The van der Waals surface area contributed by atoms with Crippen LogP contribution < -0.4 is 4.74 Å². The molecule has 17 heavy (non-hydrogen) atoms. The molecule has 1 aliphatic rings. The molecule has 1 fully saturated rings. The van der Waals surface area contributed by atoms with Gasteiger partial charge in [0.05, 0.1) is 17.3 Å². The maximum Gasteiger partial charge on any atom is 0.119 e. The summed E-state index contributed by atoms with van der Waals surface area (Å²) in [6, 6.07) is 8.04. The van der Waals surface area contributed by atoms with Gasteiger partial charge in [0.15, 0.2) is 0 Å². The Kier molecular flexibility index (Phi) is 2.82. The summed E-state index contributed by atoms with van der Waals surface area (Å²) in [5, 5.41) is 3.16. The Labute approximate surface area is 104 Å². The highest BCUT2D eigenvalue weighted by Crippen LogP contribution is 2.24. The Morgan fingerprint density at radius 1 is 1.41 bits per heavy atom. The van der Waals surface area contributed by atoms with Gasteiger partial charge in [-0.25, -0.2) is 4.98 Å². The molecule has 0 N–H and O–H groups in total. The maximum atomic E-state index is 5.58. The number of hydrogen-bond donors (Lipinski definition) is 0. The first-order valence-electron chi connectivity index (χ1n) is 5.58. The predicted octanol–water partition coefficient (Wildman–Crippen LogP) is 2.90. The van der Waals surface area contributed by atoms with Gasteiger partial charge in [0.25, 0.3) is 0 Å². The Morgan fingerprint density at radius 2 is 2.18 bits per heavy atom. The number of hydrogen-bond acceptors (Lipinski definition) is 4. The number of benzene rings is 1. The molecule has 3 nitrogen and oxygen atoms in total. The Bertz CT molecular complexity index is 502. The minimum absolute atomic E-state index is 0.302. The van der Waals surface area contributed by atoms with Crippen molar-refractivity contribution in [3.63, 3.8) is 0 Å². The Hall–Kier alpha value is -1.39. The van der Waals surface area contributed by atoms with E-state index in [1.807, 2.05) is 31.2 Å². The Balaban J connectivity index is 1.70. The summed E-state index contributed by atoms with van der Waals surface area (Å²) in [7, 11) is 0. The second-order valence-electron chi connectivity index (χ2n) is 4.04. The minimum atomic E-state index is 0.302. The standard InChI is InChI=1S/C13H13NO2S/c1-9-14-13(8-17-9)10-2-4-11(5-3-10)15-6-12-7-16-12/h2-5,8,12H,6-7H2,1H3. The molecule has 2 heterocycles. The smallest absolute Gasteiger partial charge is 0.119 e. The van der Waals surface area contributed by atoms with Crippen LogP contribution in [0.5, 0.6) is 5.75 Å². The van der Waals surface area contributed by atoms with Gasteiger partial charge in [-0.3, -0.25) is 0 Å². The van der Waals surface area contributed by atoms with E-state index in [1.165, 1.54) is 0 Å². The summed E-state index contributed by atoms with van der Waals surface area (Å²) in [6.45, 7) is 3.49. The van der Waals surface area contributed by atoms with Crippen molar-refractivity contribution in [2.45, 2.75) is 13.0 Å². The topological polar surface area (TPSA) is 34.6 Å². The number of aromatic nitrogens is 1. The van der Waals surface area contributed by atoms with Crippen LogP contribution in [0.4, 0.5) is 0 Å². The number of epoxide rings is 1. The van der Waals surface area contributed by atoms with Crippen LogP contribution in [0.2, 0.25) is 0 Å². The molecule has 2 aromatic rings. The molecule has 1 aromatic heterocycles. The summed E-state index contributed by atoms with van der Waals surface area (Å²) in [4.78, 5) is 4.45. The number of nitrogens with zero attached hydrogens (tertiary/aromatic N) is 1. The summed E-state index contributed by atoms with van der Waals surface area (Å²) in [5.41, 5.74) is 2.16. The molecule has 0 radical (unpaired) electrons. The van der Waals surface area contributed by atoms with E-state index in [1.54, 1.807) is 11.3 Å². The molecule has 1 aliphatic heterocycles. The van der Waals surface area contributed by atoms with E-state index in [2.05, 4.69) is 10.4 Å². The van der Waals surface area contributed by atoms with E-state index in [-0.39, 0.29) is 0 Å². The largest absolute Gasteiger partial charge is 0.491 e. The summed E-state index contributed by atoms with van der Waals surface area (Å²) in [5.74, 6) is 0.885. The van der Waals surface area contributed by atoms with E-state index < -0.39 is 0 Å². The highest BCUT2D eigenvalue weighted by atomic mass is 32.1. The van der Waals surface area contributed by atoms with Gasteiger partial charge in [-0.1, -0.05) is 0 Å². The molecular formula is C13H13NO2S. The highest BCUT2D eigenvalue weighted by molar-refractivity contribution is 7.09. The summed E-state index contributed by atoms with van der Waals surface area (Å²) >= 11 is 1.67. The monoisotopic (exact) mass is 247 g/mol. The van der Waals surface area contributed by atoms with E-state index in [0.717, 1.165) is 28.6 Å². The second kappa shape index (κ2) is 4.47. The molecule has 4 heteroatoms. The molecule has 0 bridgehead atoms. The lowest BCUT2D eigenvalue weighted by atomic mass is 10.2. The van der Waals surface area contributed by atoms with Crippen molar-refractivity contribution in [3.05, 3.63) is 34.7 Å². The third-order valence-electron chi connectivity index (χ3n) is 2.61. The molecular weight excluding hydrogens is 234 g/mol. The van der Waals surface area contributed by atoms with Crippen LogP contribution in [-0.2, 0) is 4.74 Å². The minimum Gasteiger partial charge on any atom is -0.491 e. The Morgan fingerprint density at radius 3 is 2.76 bits per heavy atom. The molecule has 1 saturated heterocycles. The first kappa shape index (κ1) is 10.7. The van der Waals surface area contributed by atoms with Gasteiger partial charge >= 0.3 is 0 Å². The number of aryl methyl sites for hydroxylation is 1. The van der Waals surface area contributed by atoms with Gasteiger partial charge < -0.3 is 9.47 Å². The molecule has 0 amide bonds. The fourth-order valence-electron chi connectivity index (χ4n) is 1.57. The first-order valence-corrected chi connectivity index (χ1v) is 6.46.